The lowest BCUT2D eigenvalue weighted by molar-refractivity contribution is -0.139. The summed E-state index contributed by atoms with van der Waals surface area (Å²) in [5, 5.41) is 5.06. The molecule has 2 rings (SSSR count). The van der Waals surface area contributed by atoms with Gasteiger partial charge in [-0.05, 0) is 11.1 Å². The van der Waals surface area contributed by atoms with Crippen LogP contribution in [0.3, 0.4) is 0 Å². The maximum absolute atomic E-state index is 11.1. The number of nitrogens with one attached hydrogen (secondary N) is 2. The summed E-state index contributed by atoms with van der Waals surface area (Å²) in [6, 6.07) is 7.71. The van der Waals surface area contributed by atoms with Crippen LogP contribution in [0.15, 0.2) is 24.3 Å². The molecule has 0 aliphatic carbocycles. The molecule has 0 aromatic heterocycles. The number of carbonyl (C=O) groups excluding carboxylic acids is 2. The molecule has 0 saturated carbocycles. The largest absolute Gasteiger partial charge is 0.344 e. The zero-order valence-electron chi connectivity index (χ0n) is 7.54. The Bertz CT molecular complexity index is 354. The van der Waals surface area contributed by atoms with E-state index in [9.17, 15) is 9.59 Å². The van der Waals surface area contributed by atoms with Crippen LogP contribution in [0.2, 0.25) is 0 Å². The van der Waals surface area contributed by atoms with Crippen LogP contribution in [-0.4, -0.2) is 11.8 Å². The topological polar surface area (TPSA) is 58.2 Å². The van der Waals surface area contributed by atoms with Crippen molar-refractivity contribution in [3.8, 4) is 0 Å². The first-order chi connectivity index (χ1) is 6.75. The van der Waals surface area contributed by atoms with Gasteiger partial charge in [-0.25, -0.2) is 0 Å². The van der Waals surface area contributed by atoms with Crippen LogP contribution < -0.4 is 10.6 Å². The molecular weight excluding hydrogens is 180 g/mol. The fourth-order valence-corrected chi connectivity index (χ4v) is 1.37. The summed E-state index contributed by atoms with van der Waals surface area (Å²) in [6.07, 6.45) is 0. The molecular formula is C10H10N2O2. The van der Waals surface area contributed by atoms with Gasteiger partial charge in [0.2, 0.25) is 0 Å². The van der Waals surface area contributed by atoms with Crippen LogP contribution in [0.5, 0.6) is 0 Å². The second-order valence-corrected chi connectivity index (χ2v) is 3.19. The van der Waals surface area contributed by atoms with Crippen LogP contribution in [0.25, 0.3) is 0 Å². The van der Waals surface area contributed by atoms with Crippen LogP contribution >= 0.6 is 0 Å². The van der Waals surface area contributed by atoms with Gasteiger partial charge in [0.1, 0.15) is 0 Å². The zero-order valence-corrected chi connectivity index (χ0v) is 7.54. The van der Waals surface area contributed by atoms with Gasteiger partial charge in [0.15, 0.2) is 0 Å². The third-order valence-corrected chi connectivity index (χ3v) is 2.10. The minimum absolute atomic E-state index is 0.403. The van der Waals surface area contributed by atoms with Crippen molar-refractivity contribution in [2.75, 3.05) is 0 Å². The summed E-state index contributed by atoms with van der Waals surface area (Å²) in [5.74, 6) is -1.15. The van der Waals surface area contributed by atoms with Gasteiger partial charge in [0.05, 0.1) is 0 Å². The molecule has 0 fully saturated rings. The van der Waals surface area contributed by atoms with Crippen LogP contribution in [-0.2, 0) is 22.7 Å². The molecule has 1 aliphatic rings. The quantitative estimate of drug-likeness (QED) is 0.563. The van der Waals surface area contributed by atoms with Gasteiger partial charge in [-0.1, -0.05) is 24.3 Å². The number of hydrogen-bond donors (Lipinski definition) is 2. The molecule has 0 unspecified atom stereocenters. The Balaban J connectivity index is 2.28. The van der Waals surface area contributed by atoms with Crippen molar-refractivity contribution in [2.45, 2.75) is 13.1 Å². The number of hydrogen-bond acceptors (Lipinski definition) is 2. The van der Waals surface area contributed by atoms with Crippen LogP contribution in [0.1, 0.15) is 11.1 Å². The first-order valence-electron chi connectivity index (χ1n) is 4.39. The fraction of sp³-hybridized carbons (Fsp3) is 0.200. The third-order valence-electron chi connectivity index (χ3n) is 2.10. The Morgan fingerprint density at radius 2 is 1.43 bits per heavy atom. The van der Waals surface area contributed by atoms with Gasteiger partial charge in [-0.2, -0.15) is 0 Å². The molecule has 4 nitrogen and oxygen atoms in total. The normalized spacial score (nSPS) is 16.0. The summed E-state index contributed by atoms with van der Waals surface area (Å²) < 4.78 is 0. The maximum Gasteiger partial charge on any atom is 0.309 e. The molecule has 2 N–H and O–H groups in total. The summed E-state index contributed by atoms with van der Waals surface area (Å²) in [7, 11) is 0. The van der Waals surface area contributed by atoms with Crippen molar-refractivity contribution in [1.82, 2.24) is 10.6 Å². The number of amides is 2. The average molecular weight is 190 g/mol. The van der Waals surface area contributed by atoms with Crippen molar-refractivity contribution in [1.29, 1.82) is 0 Å². The molecule has 4 heteroatoms. The first kappa shape index (κ1) is 8.74. The predicted octanol–water partition coefficient (Wildman–Crippen LogP) is -0.0674. The number of benzene rings is 1. The SMILES string of the molecule is O=C1NCc2cccc(c2)CNC1=O. The molecule has 0 spiro atoms. The average Bonchev–Trinajstić information content (AvgIpc) is 2.25. The summed E-state index contributed by atoms with van der Waals surface area (Å²) in [4.78, 5) is 22.2. The minimum atomic E-state index is -0.576. The molecule has 72 valence electrons. The Hall–Kier alpha value is -1.84. The number of carbonyl (C=O) groups is 2. The van der Waals surface area contributed by atoms with Crippen molar-refractivity contribution in [3.05, 3.63) is 35.4 Å². The molecule has 0 saturated heterocycles. The van der Waals surface area contributed by atoms with E-state index in [1.54, 1.807) is 0 Å². The van der Waals surface area contributed by atoms with E-state index in [0.717, 1.165) is 11.1 Å². The van der Waals surface area contributed by atoms with Gasteiger partial charge >= 0.3 is 11.8 Å². The van der Waals surface area contributed by atoms with E-state index in [0.29, 0.717) is 13.1 Å². The maximum atomic E-state index is 11.1. The molecule has 0 radical (unpaired) electrons. The summed E-state index contributed by atoms with van der Waals surface area (Å²) in [6.45, 7) is 0.806. The summed E-state index contributed by atoms with van der Waals surface area (Å²) >= 11 is 0. The molecule has 1 aromatic rings. The Morgan fingerprint density at radius 3 is 1.93 bits per heavy atom. The van der Waals surface area contributed by atoms with Gasteiger partial charge in [0, 0.05) is 13.1 Å². The minimum Gasteiger partial charge on any atom is -0.344 e. The van der Waals surface area contributed by atoms with E-state index < -0.39 is 11.8 Å². The molecule has 2 amide bonds. The Kier molecular flexibility index (Phi) is 2.18. The highest BCUT2D eigenvalue weighted by molar-refractivity contribution is 6.35. The van der Waals surface area contributed by atoms with Crippen LogP contribution in [0, 0.1) is 0 Å². The third kappa shape index (κ3) is 1.74. The second kappa shape index (κ2) is 3.49. The van der Waals surface area contributed by atoms with E-state index in [2.05, 4.69) is 10.6 Å². The Morgan fingerprint density at radius 1 is 0.929 bits per heavy atom. The monoisotopic (exact) mass is 190 g/mol. The molecule has 0 atom stereocenters. The van der Waals surface area contributed by atoms with Crippen molar-refractivity contribution < 1.29 is 9.59 Å². The molecule has 1 heterocycles. The highest BCUT2D eigenvalue weighted by Gasteiger charge is 2.14. The second-order valence-electron chi connectivity index (χ2n) is 3.19. The fourth-order valence-electron chi connectivity index (χ4n) is 1.37. The Labute approximate surface area is 81.3 Å². The van der Waals surface area contributed by atoms with E-state index in [4.69, 9.17) is 0 Å². The summed E-state index contributed by atoms with van der Waals surface area (Å²) in [5.41, 5.74) is 2.01. The molecule has 1 aliphatic heterocycles. The van der Waals surface area contributed by atoms with Crippen molar-refractivity contribution in [2.24, 2.45) is 0 Å². The van der Waals surface area contributed by atoms with Gasteiger partial charge in [-0.15, -0.1) is 0 Å². The smallest absolute Gasteiger partial charge is 0.309 e. The lowest BCUT2D eigenvalue weighted by Crippen LogP contribution is -2.38. The zero-order chi connectivity index (χ0) is 9.97. The highest BCUT2D eigenvalue weighted by Crippen LogP contribution is 2.06. The molecule has 1 aromatic carbocycles. The van der Waals surface area contributed by atoms with Crippen LogP contribution in [0.4, 0.5) is 0 Å². The van der Waals surface area contributed by atoms with Crippen molar-refractivity contribution in [3.63, 3.8) is 0 Å². The first-order valence-corrected chi connectivity index (χ1v) is 4.39. The van der Waals surface area contributed by atoms with Gasteiger partial charge in [-0.3, -0.25) is 9.59 Å². The van der Waals surface area contributed by atoms with Crippen molar-refractivity contribution >= 4 is 11.8 Å². The van der Waals surface area contributed by atoms with Gasteiger partial charge < -0.3 is 10.6 Å². The molecule has 2 bridgehead atoms. The standard InChI is InChI=1S/C10H10N2O2/c13-9-10(14)12-6-8-3-1-2-7(4-8)5-11-9/h1-4H,5-6H2,(H,11,13)(H,12,14). The number of rotatable bonds is 0. The van der Waals surface area contributed by atoms with E-state index in [1.165, 1.54) is 0 Å². The predicted molar refractivity (Wildman–Crippen MR) is 50.1 cm³/mol. The van der Waals surface area contributed by atoms with Gasteiger partial charge in [0.25, 0.3) is 0 Å². The number of fused-ring (bicyclic) bond motifs is 2. The lowest BCUT2D eigenvalue weighted by Gasteiger charge is -2.01. The highest BCUT2D eigenvalue weighted by atomic mass is 16.2. The van der Waals surface area contributed by atoms with E-state index in [-0.39, 0.29) is 0 Å². The lowest BCUT2D eigenvalue weighted by atomic mass is 10.1. The molecule has 14 heavy (non-hydrogen) atoms. The van der Waals surface area contributed by atoms with E-state index in [1.807, 2.05) is 24.3 Å². The van der Waals surface area contributed by atoms with E-state index >= 15 is 0 Å².